The van der Waals surface area contributed by atoms with Crippen molar-refractivity contribution in [2.45, 2.75) is 6.54 Å². The zero-order chi connectivity index (χ0) is 14.7. The summed E-state index contributed by atoms with van der Waals surface area (Å²) in [6.07, 6.45) is 0. The van der Waals surface area contributed by atoms with Crippen molar-refractivity contribution in [3.05, 3.63) is 65.2 Å². The number of nitrogens with zero attached hydrogens (tertiary/aromatic N) is 3. The largest absolute Gasteiger partial charge is 0.368 e. The molecule has 0 spiro atoms. The summed E-state index contributed by atoms with van der Waals surface area (Å²) in [4.78, 5) is 4.21. The summed E-state index contributed by atoms with van der Waals surface area (Å²) in [7, 11) is 0. The average Bonchev–Trinajstić information content (AvgIpc) is 2.88. The van der Waals surface area contributed by atoms with E-state index >= 15 is 0 Å². The van der Waals surface area contributed by atoms with Crippen LogP contribution in [0.2, 0.25) is 5.02 Å². The zero-order valence-corrected chi connectivity index (χ0v) is 12.0. The molecule has 0 amide bonds. The maximum atomic E-state index is 6.11. The number of nitrogens with two attached hydrogens (primary N) is 1. The summed E-state index contributed by atoms with van der Waals surface area (Å²) in [5.41, 5.74) is 7.74. The number of nitrogens with one attached hydrogen (secondary N) is 1. The van der Waals surface area contributed by atoms with Gasteiger partial charge in [-0.15, -0.1) is 5.10 Å². The maximum Gasteiger partial charge on any atom is 0.244 e. The van der Waals surface area contributed by atoms with E-state index < -0.39 is 0 Å². The number of para-hydroxylation sites is 1. The fraction of sp³-hybridized carbons (Fsp3) is 0.0667. The molecule has 0 unspecified atom stereocenters. The monoisotopic (exact) mass is 299 g/mol. The van der Waals surface area contributed by atoms with E-state index in [4.69, 9.17) is 17.3 Å². The van der Waals surface area contributed by atoms with E-state index in [2.05, 4.69) is 15.4 Å². The topological polar surface area (TPSA) is 68.8 Å². The van der Waals surface area contributed by atoms with Gasteiger partial charge >= 0.3 is 0 Å². The lowest BCUT2D eigenvalue weighted by molar-refractivity contribution is 0.887. The molecule has 0 bridgehead atoms. The van der Waals surface area contributed by atoms with Gasteiger partial charge in [0, 0.05) is 11.6 Å². The Bertz CT molecular complexity index is 739. The van der Waals surface area contributed by atoms with Crippen LogP contribution in [0.25, 0.3) is 5.69 Å². The van der Waals surface area contributed by atoms with Crippen LogP contribution in [0.4, 0.5) is 11.9 Å². The second-order valence-electron chi connectivity index (χ2n) is 4.49. The van der Waals surface area contributed by atoms with Gasteiger partial charge in [0.1, 0.15) is 0 Å². The number of rotatable bonds is 4. The van der Waals surface area contributed by atoms with Crippen molar-refractivity contribution in [1.82, 2.24) is 14.8 Å². The number of benzene rings is 2. The molecule has 0 aliphatic heterocycles. The SMILES string of the molecule is Nc1nc(NCc2ccccc2Cl)nn1-c1ccccc1. The number of hydrogen-bond acceptors (Lipinski definition) is 4. The van der Waals surface area contributed by atoms with Crippen LogP contribution in [0, 0.1) is 0 Å². The molecule has 3 aromatic rings. The highest BCUT2D eigenvalue weighted by molar-refractivity contribution is 6.31. The molecule has 0 saturated heterocycles. The van der Waals surface area contributed by atoms with Crippen molar-refractivity contribution in [2.75, 3.05) is 11.1 Å². The van der Waals surface area contributed by atoms with Gasteiger partial charge in [-0.1, -0.05) is 48.0 Å². The number of hydrogen-bond donors (Lipinski definition) is 2. The van der Waals surface area contributed by atoms with Crippen LogP contribution in [0.1, 0.15) is 5.56 Å². The number of aromatic nitrogens is 3. The summed E-state index contributed by atoms with van der Waals surface area (Å²) < 4.78 is 1.59. The predicted octanol–water partition coefficient (Wildman–Crippen LogP) is 3.12. The summed E-state index contributed by atoms with van der Waals surface area (Å²) in [6, 6.07) is 17.3. The standard InChI is InChI=1S/C15H14ClN5/c16-13-9-5-4-6-11(13)10-18-15-19-14(17)21(20-15)12-7-2-1-3-8-12/h1-9H,10H2,(H3,17,18,19,20). The number of anilines is 2. The van der Waals surface area contributed by atoms with Crippen LogP contribution in [0.15, 0.2) is 54.6 Å². The number of halogens is 1. The molecule has 0 saturated carbocycles. The van der Waals surface area contributed by atoms with Gasteiger partial charge in [0.2, 0.25) is 11.9 Å². The molecule has 3 rings (SSSR count). The third-order valence-corrected chi connectivity index (χ3v) is 3.40. The minimum absolute atomic E-state index is 0.336. The Kier molecular flexibility index (Phi) is 3.75. The molecular formula is C15H14ClN5. The lowest BCUT2D eigenvalue weighted by Crippen LogP contribution is -2.03. The fourth-order valence-corrected chi connectivity index (χ4v) is 2.18. The van der Waals surface area contributed by atoms with Crippen molar-refractivity contribution in [1.29, 1.82) is 0 Å². The van der Waals surface area contributed by atoms with Gasteiger partial charge in [-0.25, -0.2) is 0 Å². The van der Waals surface area contributed by atoms with Gasteiger partial charge < -0.3 is 11.1 Å². The molecule has 3 N–H and O–H groups in total. The molecule has 1 aromatic heterocycles. The molecule has 0 radical (unpaired) electrons. The van der Waals surface area contributed by atoms with Crippen molar-refractivity contribution in [3.8, 4) is 5.69 Å². The van der Waals surface area contributed by atoms with E-state index in [9.17, 15) is 0 Å². The highest BCUT2D eigenvalue weighted by atomic mass is 35.5. The zero-order valence-electron chi connectivity index (χ0n) is 11.2. The number of nitrogen functional groups attached to an aromatic ring is 1. The Morgan fingerprint density at radius 1 is 1.05 bits per heavy atom. The third-order valence-electron chi connectivity index (χ3n) is 3.03. The van der Waals surface area contributed by atoms with Crippen molar-refractivity contribution in [2.24, 2.45) is 0 Å². The molecule has 106 valence electrons. The van der Waals surface area contributed by atoms with Crippen LogP contribution in [-0.4, -0.2) is 14.8 Å². The lowest BCUT2D eigenvalue weighted by Gasteiger charge is -2.04. The molecule has 6 heteroatoms. The quantitative estimate of drug-likeness (QED) is 0.776. The Balaban J connectivity index is 1.78. The molecular weight excluding hydrogens is 286 g/mol. The first-order valence-corrected chi connectivity index (χ1v) is 6.87. The molecule has 0 atom stereocenters. The molecule has 2 aromatic carbocycles. The second kappa shape index (κ2) is 5.85. The summed E-state index contributed by atoms with van der Waals surface area (Å²) in [5.74, 6) is 0.805. The van der Waals surface area contributed by atoms with Crippen LogP contribution in [0.3, 0.4) is 0 Å². The van der Waals surface area contributed by atoms with E-state index in [0.29, 0.717) is 23.5 Å². The van der Waals surface area contributed by atoms with Crippen molar-refractivity contribution in [3.63, 3.8) is 0 Å². The average molecular weight is 300 g/mol. The molecule has 1 heterocycles. The highest BCUT2D eigenvalue weighted by Gasteiger charge is 2.08. The Morgan fingerprint density at radius 2 is 1.76 bits per heavy atom. The van der Waals surface area contributed by atoms with E-state index in [0.717, 1.165) is 11.3 Å². The van der Waals surface area contributed by atoms with Crippen LogP contribution in [0.5, 0.6) is 0 Å². The molecule has 0 aliphatic carbocycles. The van der Waals surface area contributed by atoms with Crippen molar-refractivity contribution >= 4 is 23.5 Å². The summed E-state index contributed by atoms with van der Waals surface area (Å²) >= 11 is 6.11. The van der Waals surface area contributed by atoms with E-state index in [-0.39, 0.29) is 0 Å². The maximum absolute atomic E-state index is 6.11. The first-order chi connectivity index (χ1) is 10.2. The minimum Gasteiger partial charge on any atom is -0.368 e. The third kappa shape index (κ3) is 2.98. The highest BCUT2D eigenvalue weighted by Crippen LogP contribution is 2.17. The first kappa shape index (κ1) is 13.5. The van der Waals surface area contributed by atoms with Crippen LogP contribution in [-0.2, 0) is 6.54 Å². The Labute approximate surface area is 127 Å². The van der Waals surface area contributed by atoms with E-state index in [1.165, 1.54) is 0 Å². The molecule has 5 nitrogen and oxygen atoms in total. The fourth-order valence-electron chi connectivity index (χ4n) is 1.97. The van der Waals surface area contributed by atoms with Gasteiger partial charge in [-0.2, -0.15) is 9.67 Å². The van der Waals surface area contributed by atoms with Gasteiger partial charge in [0.05, 0.1) is 5.69 Å². The molecule has 0 aliphatic rings. The molecule has 21 heavy (non-hydrogen) atoms. The molecule has 0 fully saturated rings. The van der Waals surface area contributed by atoms with E-state index in [1.807, 2.05) is 54.6 Å². The van der Waals surface area contributed by atoms with Gasteiger partial charge in [0.15, 0.2) is 0 Å². The summed E-state index contributed by atoms with van der Waals surface area (Å²) in [5, 5.41) is 8.19. The van der Waals surface area contributed by atoms with Crippen LogP contribution >= 0.6 is 11.6 Å². The van der Waals surface area contributed by atoms with Crippen LogP contribution < -0.4 is 11.1 Å². The lowest BCUT2D eigenvalue weighted by atomic mass is 10.2. The van der Waals surface area contributed by atoms with E-state index in [1.54, 1.807) is 4.68 Å². The van der Waals surface area contributed by atoms with Gasteiger partial charge in [-0.3, -0.25) is 0 Å². The Morgan fingerprint density at radius 3 is 2.52 bits per heavy atom. The minimum atomic E-state index is 0.336. The second-order valence-corrected chi connectivity index (χ2v) is 4.89. The Hall–Kier alpha value is -2.53. The summed E-state index contributed by atoms with van der Waals surface area (Å²) in [6.45, 7) is 0.540. The first-order valence-electron chi connectivity index (χ1n) is 6.49. The smallest absolute Gasteiger partial charge is 0.244 e. The predicted molar refractivity (Wildman–Crippen MR) is 84.6 cm³/mol. The normalized spacial score (nSPS) is 10.5. The van der Waals surface area contributed by atoms with Gasteiger partial charge in [-0.05, 0) is 23.8 Å². The van der Waals surface area contributed by atoms with Crippen molar-refractivity contribution < 1.29 is 0 Å². The van der Waals surface area contributed by atoms with Gasteiger partial charge in [0.25, 0.3) is 0 Å².